The minimum atomic E-state index is 0.0800. The van der Waals surface area contributed by atoms with Crippen molar-refractivity contribution in [2.24, 2.45) is 0 Å². The number of carbonyl (C=O) groups excluding carboxylic acids is 1. The number of rotatable bonds is 5. The first-order valence-electron chi connectivity index (χ1n) is 13.7. The molecule has 2 aliphatic rings. The molecule has 190 valence electrons. The van der Waals surface area contributed by atoms with Crippen molar-refractivity contribution in [1.82, 2.24) is 20.2 Å². The molecule has 1 fully saturated rings. The second-order valence-electron chi connectivity index (χ2n) is 11.1. The van der Waals surface area contributed by atoms with Crippen LogP contribution in [0.2, 0.25) is 0 Å². The Hall–Kier alpha value is -3.96. The van der Waals surface area contributed by atoms with E-state index >= 15 is 0 Å². The van der Waals surface area contributed by atoms with E-state index in [0.29, 0.717) is 6.42 Å². The predicted octanol–water partition coefficient (Wildman–Crippen LogP) is 6.05. The molecule has 5 nitrogen and oxygen atoms in total. The van der Waals surface area contributed by atoms with E-state index in [2.05, 4.69) is 86.9 Å². The van der Waals surface area contributed by atoms with Crippen molar-refractivity contribution in [3.63, 3.8) is 0 Å². The lowest BCUT2D eigenvalue weighted by Crippen LogP contribution is -2.41. The van der Waals surface area contributed by atoms with E-state index in [1.807, 2.05) is 12.1 Å². The SMILES string of the molecule is O=C(Cc1ccncc1)N[C@@H]1CC2(CCN(Cc3ccc4[nH]c5ccccc5c4c3)CC2)c2ccccc21. The molecule has 1 saturated heterocycles. The average Bonchev–Trinajstić information content (AvgIpc) is 3.46. The number of aromatic amines is 1. The van der Waals surface area contributed by atoms with Gasteiger partial charge in [-0.2, -0.15) is 0 Å². The van der Waals surface area contributed by atoms with Gasteiger partial charge in [0.1, 0.15) is 0 Å². The summed E-state index contributed by atoms with van der Waals surface area (Å²) in [5.41, 5.74) is 7.64. The molecule has 0 saturated carbocycles. The van der Waals surface area contributed by atoms with Crippen LogP contribution in [0, 0.1) is 0 Å². The largest absolute Gasteiger partial charge is 0.355 e. The Kier molecular flexibility index (Phi) is 5.74. The first-order valence-corrected chi connectivity index (χ1v) is 13.7. The fourth-order valence-electron chi connectivity index (χ4n) is 6.82. The van der Waals surface area contributed by atoms with E-state index in [-0.39, 0.29) is 17.4 Å². The molecular formula is C33H32N4O. The summed E-state index contributed by atoms with van der Waals surface area (Å²) in [7, 11) is 0. The number of benzene rings is 3. The van der Waals surface area contributed by atoms with Crippen LogP contribution in [0.5, 0.6) is 0 Å². The highest BCUT2D eigenvalue weighted by Crippen LogP contribution is 2.50. The van der Waals surface area contributed by atoms with Crippen molar-refractivity contribution >= 4 is 27.7 Å². The minimum Gasteiger partial charge on any atom is -0.355 e. The van der Waals surface area contributed by atoms with Crippen molar-refractivity contribution < 1.29 is 4.79 Å². The number of aromatic nitrogens is 2. The van der Waals surface area contributed by atoms with E-state index < -0.39 is 0 Å². The number of carbonyl (C=O) groups is 1. The van der Waals surface area contributed by atoms with Gasteiger partial charge in [-0.3, -0.25) is 14.7 Å². The molecule has 0 radical (unpaired) electrons. The van der Waals surface area contributed by atoms with Gasteiger partial charge in [-0.1, -0.05) is 48.5 Å². The predicted molar refractivity (Wildman–Crippen MR) is 152 cm³/mol. The van der Waals surface area contributed by atoms with Crippen molar-refractivity contribution in [2.75, 3.05) is 13.1 Å². The Bertz CT molecular complexity index is 1610. The Balaban J connectivity index is 1.05. The van der Waals surface area contributed by atoms with Gasteiger partial charge in [0.2, 0.25) is 5.91 Å². The molecule has 5 aromatic rings. The molecule has 0 bridgehead atoms. The second-order valence-corrected chi connectivity index (χ2v) is 11.1. The maximum Gasteiger partial charge on any atom is 0.224 e. The maximum absolute atomic E-state index is 12.9. The number of hydrogen-bond acceptors (Lipinski definition) is 3. The van der Waals surface area contributed by atoms with Crippen LogP contribution in [0.3, 0.4) is 0 Å². The highest BCUT2D eigenvalue weighted by atomic mass is 16.1. The lowest BCUT2D eigenvalue weighted by Gasteiger charge is -2.40. The number of likely N-dealkylation sites (tertiary alicyclic amines) is 1. The fourth-order valence-corrected chi connectivity index (χ4v) is 6.82. The van der Waals surface area contributed by atoms with Crippen molar-refractivity contribution in [2.45, 2.75) is 43.7 Å². The number of para-hydroxylation sites is 1. The Morgan fingerprint density at radius 1 is 0.895 bits per heavy atom. The highest BCUT2D eigenvalue weighted by Gasteiger charge is 2.45. The van der Waals surface area contributed by atoms with Crippen LogP contribution in [-0.4, -0.2) is 33.9 Å². The third-order valence-corrected chi connectivity index (χ3v) is 8.74. The molecule has 7 rings (SSSR count). The maximum atomic E-state index is 12.9. The number of fused-ring (bicyclic) bond motifs is 5. The molecule has 1 amide bonds. The van der Waals surface area contributed by atoms with Gasteiger partial charge >= 0.3 is 0 Å². The molecule has 3 aromatic carbocycles. The number of nitrogens with zero attached hydrogens (tertiary/aromatic N) is 2. The second kappa shape index (κ2) is 9.41. The van der Waals surface area contributed by atoms with Crippen LogP contribution in [0.1, 0.15) is 47.6 Å². The Morgan fingerprint density at radius 2 is 1.66 bits per heavy atom. The topological polar surface area (TPSA) is 61.0 Å². The van der Waals surface area contributed by atoms with Crippen LogP contribution >= 0.6 is 0 Å². The van der Waals surface area contributed by atoms with Gasteiger partial charge in [0.05, 0.1) is 12.5 Å². The van der Waals surface area contributed by atoms with Gasteiger partial charge < -0.3 is 10.3 Å². The number of hydrogen-bond donors (Lipinski definition) is 2. The monoisotopic (exact) mass is 500 g/mol. The first kappa shape index (κ1) is 23.2. The molecule has 1 spiro atoms. The molecule has 0 unspecified atom stereocenters. The summed E-state index contributed by atoms with van der Waals surface area (Å²) in [5.74, 6) is 0.0816. The lowest BCUT2D eigenvalue weighted by molar-refractivity contribution is -0.121. The summed E-state index contributed by atoms with van der Waals surface area (Å²) in [4.78, 5) is 23.1. The summed E-state index contributed by atoms with van der Waals surface area (Å²) < 4.78 is 0. The summed E-state index contributed by atoms with van der Waals surface area (Å²) in [6, 6.07) is 28.1. The standard InChI is InChI=1S/C33H32N4O/c38-32(20-23-11-15-34-16-12-23)36-31-21-33(28-7-3-1-6-26(28)31)13-17-37(18-14-33)22-24-9-10-30-27(19-24)25-5-2-4-8-29(25)35-30/h1-12,15-16,19,31,35H,13-14,17-18,20-22H2,(H,36,38)/t31-/m1/s1. The summed E-state index contributed by atoms with van der Waals surface area (Å²) >= 11 is 0. The number of amides is 1. The van der Waals surface area contributed by atoms with Gasteiger partial charge in [-0.25, -0.2) is 0 Å². The van der Waals surface area contributed by atoms with Gasteiger partial charge in [0.25, 0.3) is 0 Å². The molecule has 38 heavy (non-hydrogen) atoms. The van der Waals surface area contributed by atoms with Crippen LogP contribution in [0.25, 0.3) is 21.8 Å². The fraction of sp³-hybridized carbons (Fsp3) is 0.273. The quantitative estimate of drug-likeness (QED) is 0.309. The molecule has 2 aromatic heterocycles. The normalized spacial score (nSPS) is 18.7. The van der Waals surface area contributed by atoms with E-state index in [9.17, 15) is 4.79 Å². The number of nitrogens with one attached hydrogen (secondary N) is 2. The van der Waals surface area contributed by atoms with Gasteiger partial charge in [0, 0.05) is 46.2 Å². The number of H-pyrrole nitrogens is 1. The van der Waals surface area contributed by atoms with Gasteiger partial charge in [-0.15, -0.1) is 0 Å². The average molecular weight is 501 g/mol. The van der Waals surface area contributed by atoms with Crippen LogP contribution in [-0.2, 0) is 23.2 Å². The number of pyridine rings is 1. The van der Waals surface area contributed by atoms with E-state index in [1.54, 1.807) is 12.4 Å². The third kappa shape index (κ3) is 4.17. The smallest absolute Gasteiger partial charge is 0.224 e. The highest BCUT2D eigenvalue weighted by molar-refractivity contribution is 6.07. The van der Waals surface area contributed by atoms with E-state index in [0.717, 1.165) is 44.5 Å². The van der Waals surface area contributed by atoms with Crippen molar-refractivity contribution in [3.8, 4) is 0 Å². The van der Waals surface area contributed by atoms with Crippen molar-refractivity contribution in [3.05, 3.63) is 114 Å². The molecule has 2 N–H and O–H groups in total. The van der Waals surface area contributed by atoms with Crippen LogP contribution in [0.15, 0.2) is 91.3 Å². The minimum absolute atomic E-state index is 0.0800. The van der Waals surface area contributed by atoms with Gasteiger partial charge in [-0.05, 0) is 84.9 Å². The zero-order valence-corrected chi connectivity index (χ0v) is 21.5. The molecular weight excluding hydrogens is 468 g/mol. The van der Waals surface area contributed by atoms with E-state index in [1.165, 1.54) is 38.5 Å². The zero-order valence-electron chi connectivity index (χ0n) is 21.5. The van der Waals surface area contributed by atoms with Crippen molar-refractivity contribution in [1.29, 1.82) is 0 Å². The van der Waals surface area contributed by atoms with Gasteiger partial charge in [0.15, 0.2) is 0 Å². The summed E-state index contributed by atoms with van der Waals surface area (Å²) in [6.45, 7) is 3.11. The summed E-state index contributed by atoms with van der Waals surface area (Å²) in [6.07, 6.45) is 7.11. The molecule has 1 atom stereocenters. The molecule has 5 heteroatoms. The van der Waals surface area contributed by atoms with Crippen LogP contribution in [0.4, 0.5) is 0 Å². The molecule has 3 heterocycles. The number of piperidine rings is 1. The lowest BCUT2D eigenvalue weighted by atomic mass is 9.73. The zero-order chi connectivity index (χ0) is 25.5. The molecule has 1 aliphatic heterocycles. The molecule has 1 aliphatic carbocycles. The summed E-state index contributed by atoms with van der Waals surface area (Å²) in [5, 5.41) is 5.96. The Labute approximate surface area is 222 Å². The Morgan fingerprint density at radius 3 is 2.53 bits per heavy atom. The third-order valence-electron chi connectivity index (χ3n) is 8.74. The first-order chi connectivity index (χ1) is 18.7. The van der Waals surface area contributed by atoms with E-state index in [4.69, 9.17) is 0 Å². The van der Waals surface area contributed by atoms with Crippen LogP contribution < -0.4 is 5.32 Å².